The van der Waals surface area contributed by atoms with Crippen molar-refractivity contribution in [1.29, 1.82) is 0 Å². The number of unbranched alkanes of at least 4 members (excludes halogenated alkanes) is 2. The van der Waals surface area contributed by atoms with E-state index in [4.69, 9.17) is 4.74 Å². The van der Waals surface area contributed by atoms with Crippen molar-refractivity contribution in [2.75, 3.05) is 0 Å². The van der Waals surface area contributed by atoms with Gasteiger partial charge in [0.1, 0.15) is 5.75 Å². The summed E-state index contributed by atoms with van der Waals surface area (Å²) in [6, 6.07) is 12.8. The second kappa shape index (κ2) is 9.92. The van der Waals surface area contributed by atoms with Crippen LogP contribution in [-0.2, 0) is 4.79 Å². The number of esters is 1. The van der Waals surface area contributed by atoms with E-state index in [0.29, 0.717) is 18.1 Å². The van der Waals surface area contributed by atoms with E-state index in [1.54, 1.807) is 0 Å². The van der Waals surface area contributed by atoms with Crippen LogP contribution in [-0.4, -0.2) is 5.97 Å². The Morgan fingerprint density at radius 3 is 2.37 bits per heavy atom. The zero-order chi connectivity index (χ0) is 19.1. The molecule has 3 rings (SSSR count). The number of ether oxygens (including phenoxy) is 1. The van der Waals surface area contributed by atoms with Crippen molar-refractivity contribution < 1.29 is 9.53 Å². The first-order chi connectivity index (χ1) is 13.2. The SMILES string of the molecule is CCCCC(=O)Oc1ccc2cc([C@H]3CC[C@H](CCCC)CC3)ccc2c1. The van der Waals surface area contributed by atoms with Gasteiger partial charge < -0.3 is 4.74 Å². The minimum Gasteiger partial charge on any atom is -0.427 e. The summed E-state index contributed by atoms with van der Waals surface area (Å²) in [7, 11) is 0. The standard InChI is InChI=1S/C25H34O2/c1-3-5-7-19-9-11-20(12-10-19)21-13-14-23-18-24(16-15-22(23)17-21)27-25(26)8-6-4-2/h13-20H,3-12H2,1-2H3/t19-,20-. The molecule has 146 valence electrons. The maximum absolute atomic E-state index is 11.8. The second-order valence-corrected chi connectivity index (χ2v) is 8.21. The van der Waals surface area contributed by atoms with Gasteiger partial charge in [0, 0.05) is 6.42 Å². The molecule has 2 aromatic carbocycles. The number of benzene rings is 2. The monoisotopic (exact) mass is 366 g/mol. The van der Waals surface area contributed by atoms with Gasteiger partial charge >= 0.3 is 5.97 Å². The summed E-state index contributed by atoms with van der Waals surface area (Å²) in [5.41, 5.74) is 1.48. The van der Waals surface area contributed by atoms with E-state index in [0.717, 1.165) is 24.1 Å². The summed E-state index contributed by atoms with van der Waals surface area (Å²) < 4.78 is 5.48. The Kier molecular flexibility index (Phi) is 7.32. The molecule has 0 aromatic heterocycles. The van der Waals surface area contributed by atoms with Crippen LogP contribution in [0.5, 0.6) is 5.75 Å². The molecular formula is C25H34O2. The van der Waals surface area contributed by atoms with Crippen LogP contribution in [0.15, 0.2) is 36.4 Å². The Bertz CT molecular complexity index is 741. The molecule has 0 saturated heterocycles. The molecule has 0 radical (unpaired) electrons. The van der Waals surface area contributed by atoms with Crippen LogP contribution in [0.3, 0.4) is 0 Å². The van der Waals surface area contributed by atoms with E-state index >= 15 is 0 Å². The lowest BCUT2D eigenvalue weighted by molar-refractivity contribution is -0.134. The van der Waals surface area contributed by atoms with Crippen LogP contribution in [0.1, 0.15) is 89.5 Å². The van der Waals surface area contributed by atoms with E-state index < -0.39 is 0 Å². The Hall–Kier alpha value is -1.83. The molecule has 1 aliphatic carbocycles. The molecule has 0 N–H and O–H groups in total. The Balaban J connectivity index is 1.62. The van der Waals surface area contributed by atoms with Gasteiger partial charge in [0.2, 0.25) is 0 Å². The number of carbonyl (C=O) groups is 1. The Morgan fingerprint density at radius 2 is 1.63 bits per heavy atom. The molecule has 1 saturated carbocycles. The molecule has 0 atom stereocenters. The molecule has 0 spiro atoms. The first-order valence-electron chi connectivity index (χ1n) is 10.9. The van der Waals surface area contributed by atoms with Gasteiger partial charge in [0.25, 0.3) is 0 Å². The minimum atomic E-state index is -0.132. The number of fused-ring (bicyclic) bond motifs is 1. The third-order valence-corrected chi connectivity index (χ3v) is 6.09. The van der Waals surface area contributed by atoms with Crippen molar-refractivity contribution in [3.05, 3.63) is 42.0 Å². The van der Waals surface area contributed by atoms with E-state index in [2.05, 4.69) is 38.1 Å². The lowest BCUT2D eigenvalue weighted by Gasteiger charge is -2.29. The molecule has 0 heterocycles. The first-order valence-corrected chi connectivity index (χ1v) is 10.9. The highest BCUT2D eigenvalue weighted by atomic mass is 16.5. The van der Waals surface area contributed by atoms with Crippen LogP contribution < -0.4 is 4.74 Å². The zero-order valence-electron chi connectivity index (χ0n) is 17.0. The van der Waals surface area contributed by atoms with Gasteiger partial charge in [-0.15, -0.1) is 0 Å². The van der Waals surface area contributed by atoms with Gasteiger partial charge in [-0.25, -0.2) is 0 Å². The number of rotatable bonds is 8. The van der Waals surface area contributed by atoms with Gasteiger partial charge in [-0.05, 0) is 72.4 Å². The van der Waals surface area contributed by atoms with Crippen molar-refractivity contribution in [3.8, 4) is 5.75 Å². The van der Waals surface area contributed by atoms with E-state index in [-0.39, 0.29) is 5.97 Å². The molecule has 1 fully saturated rings. The van der Waals surface area contributed by atoms with Crippen molar-refractivity contribution >= 4 is 16.7 Å². The Morgan fingerprint density at radius 1 is 0.926 bits per heavy atom. The summed E-state index contributed by atoms with van der Waals surface area (Å²) in [6.07, 6.45) is 11.9. The molecule has 2 heteroatoms. The summed E-state index contributed by atoms with van der Waals surface area (Å²) in [5.74, 6) is 2.19. The normalized spacial score (nSPS) is 19.9. The smallest absolute Gasteiger partial charge is 0.311 e. The van der Waals surface area contributed by atoms with E-state index in [9.17, 15) is 4.79 Å². The van der Waals surface area contributed by atoms with Crippen LogP contribution in [0, 0.1) is 5.92 Å². The maximum atomic E-state index is 11.8. The van der Waals surface area contributed by atoms with E-state index in [1.165, 1.54) is 55.9 Å². The third kappa shape index (κ3) is 5.57. The van der Waals surface area contributed by atoms with Crippen LogP contribution in [0.25, 0.3) is 10.8 Å². The highest BCUT2D eigenvalue weighted by Gasteiger charge is 2.22. The molecule has 27 heavy (non-hydrogen) atoms. The number of carbonyl (C=O) groups excluding carboxylic acids is 1. The maximum Gasteiger partial charge on any atom is 0.311 e. The summed E-state index contributed by atoms with van der Waals surface area (Å²) >= 11 is 0. The van der Waals surface area contributed by atoms with Gasteiger partial charge in [0.15, 0.2) is 0 Å². The van der Waals surface area contributed by atoms with Crippen molar-refractivity contribution in [1.82, 2.24) is 0 Å². The predicted octanol–water partition coefficient (Wildman–Crippen LogP) is 7.40. The first kappa shape index (κ1) is 19.9. The largest absolute Gasteiger partial charge is 0.427 e. The third-order valence-electron chi connectivity index (χ3n) is 6.09. The molecule has 0 bridgehead atoms. The molecule has 0 aliphatic heterocycles. The van der Waals surface area contributed by atoms with Crippen LogP contribution in [0.2, 0.25) is 0 Å². The average Bonchev–Trinajstić information content (AvgIpc) is 2.70. The second-order valence-electron chi connectivity index (χ2n) is 8.21. The summed E-state index contributed by atoms with van der Waals surface area (Å²) in [4.78, 5) is 11.8. The molecular weight excluding hydrogens is 332 g/mol. The topological polar surface area (TPSA) is 26.3 Å². The fourth-order valence-electron chi connectivity index (χ4n) is 4.34. The highest BCUT2D eigenvalue weighted by molar-refractivity contribution is 5.85. The molecule has 2 aromatic rings. The molecule has 2 nitrogen and oxygen atoms in total. The van der Waals surface area contributed by atoms with Crippen molar-refractivity contribution in [3.63, 3.8) is 0 Å². The highest BCUT2D eigenvalue weighted by Crippen LogP contribution is 2.38. The van der Waals surface area contributed by atoms with Crippen molar-refractivity contribution in [2.45, 2.75) is 84.0 Å². The lowest BCUT2D eigenvalue weighted by Crippen LogP contribution is -2.13. The fourth-order valence-corrected chi connectivity index (χ4v) is 4.34. The lowest BCUT2D eigenvalue weighted by atomic mass is 9.77. The van der Waals surface area contributed by atoms with Gasteiger partial charge in [-0.1, -0.05) is 63.8 Å². The molecule has 0 amide bonds. The minimum absolute atomic E-state index is 0.132. The van der Waals surface area contributed by atoms with Gasteiger partial charge in [-0.2, -0.15) is 0 Å². The van der Waals surface area contributed by atoms with Gasteiger partial charge in [0.05, 0.1) is 0 Å². The fraction of sp³-hybridized carbons (Fsp3) is 0.560. The number of hydrogen-bond acceptors (Lipinski definition) is 2. The van der Waals surface area contributed by atoms with E-state index in [1.807, 2.05) is 12.1 Å². The Labute approximate surface area is 164 Å². The van der Waals surface area contributed by atoms with Crippen LogP contribution >= 0.6 is 0 Å². The summed E-state index contributed by atoms with van der Waals surface area (Å²) in [5, 5.41) is 2.39. The average molecular weight is 367 g/mol. The zero-order valence-corrected chi connectivity index (χ0v) is 17.0. The van der Waals surface area contributed by atoms with Crippen LogP contribution in [0.4, 0.5) is 0 Å². The quantitative estimate of drug-likeness (QED) is 0.359. The summed E-state index contributed by atoms with van der Waals surface area (Å²) in [6.45, 7) is 4.37. The molecule has 0 unspecified atom stereocenters. The van der Waals surface area contributed by atoms with Crippen molar-refractivity contribution in [2.24, 2.45) is 5.92 Å². The molecule has 1 aliphatic rings. The van der Waals surface area contributed by atoms with Gasteiger partial charge in [-0.3, -0.25) is 4.79 Å². The predicted molar refractivity (Wildman–Crippen MR) is 113 cm³/mol. The number of hydrogen-bond donors (Lipinski definition) is 0.